The van der Waals surface area contributed by atoms with Crippen molar-refractivity contribution in [2.75, 3.05) is 13.7 Å². The van der Waals surface area contributed by atoms with E-state index < -0.39 is 35.3 Å². The second kappa shape index (κ2) is 6.95. The molecular formula is C18H24O5. The molecule has 5 nitrogen and oxygen atoms in total. The van der Waals surface area contributed by atoms with Gasteiger partial charge in [0.2, 0.25) is 11.6 Å². The average molecular weight is 320 g/mol. The summed E-state index contributed by atoms with van der Waals surface area (Å²) in [6.07, 6.45) is 6.00. The second-order valence-electron chi connectivity index (χ2n) is 6.74. The molecule has 0 radical (unpaired) electrons. The molecular weight excluding hydrogens is 296 g/mol. The van der Waals surface area contributed by atoms with E-state index >= 15 is 0 Å². The fourth-order valence-corrected chi connectivity index (χ4v) is 4.13. The third-order valence-electron chi connectivity index (χ3n) is 5.37. The molecule has 5 heteroatoms. The molecule has 1 heterocycles. The van der Waals surface area contributed by atoms with Gasteiger partial charge in [0.1, 0.15) is 0 Å². The summed E-state index contributed by atoms with van der Waals surface area (Å²) in [5.74, 6) is -1.94. The minimum Gasteiger partial charge on any atom is -0.501 e. The van der Waals surface area contributed by atoms with Crippen molar-refractivity contribution in [2.45, 2.75) is 57.5 Å². The molecule has 126 valence electrons. The van der Waals surface area contributed by atoms with E-state index in [2.05, 4.69) is 0 Å². The van der Waals surface area contributed by atoms with E-state index in [0.717, 1.165) is 49.9 Å². The van der Waals surface area contributed by atoms with Crippen molar-refractivity contribution in [1.82, 2.24) is 0 Å². The predicted molar refractivity (Wildman–Crippen MR) is 82.7 cm³/mol. The molecule has 1 saturated carbocycles. The number of methoxy groups -OCH3 is 1. The van der Waals surface area contributed by atoms with Gasteiger partial charge in [-0.1, -0.05) is 6.42 Å². The maximum absolute atomic E-state index is 12.5. The monoisotopic (exact) mass is 320 g/mol. The van der Waals surface area contributed by atoms with Crippen molar-refractivity contribution in [3.05, 3.63) is 11.3 Å². The molecule has 0 aromatic heterocycles. The molecule has 3 rings (SSSR count). The van der Waals surface area contributed by atoms with Crippen LogP contribution in [0, 0.1) is 11.8 Å². The van der Waals surface area contributed by atoms with Gasteiger partial charge in [-0.25, -0.2) is 0 Å². The summed E-state index contributed by atoms with van der Waals surface area (Å²) in [5, 5.41) is 0. The van der Waals surface area contributed by atoms with Crippen LogP contribution in [0.4, 0.5) is 0 Å². The Balaban J connectivity index is 2.05. The number of ketones is 3. The van der Waals surface area contributed by atoms with Crippen LogP contribution in [0.15, 0.2) is 11.3 Å². The zero-order chi connectivity index (χ0) is 16.4. The maximum atomic E-state index is 12.5. The normalized spacial score (nSPS) is 36.2. The lowest BCUT2D eigenvalue weighted by atomic mass is 9.71. The van der Waals surface area contributed by atoms with Gasteiger partial charge in [0.05, 0.1) is 30.8 Å². The molecule has 3 atom stereocenters. The number of hydrogen-bond donors (Lipinski definition) is 0. The van der Waals surface area contributed by atoms with Gasteiger partial charge in [0.15, 0.2) is 0 Å². The number of rotatable bonds is 1. The van der Waals surface area contributed by atoms with Crippen LogP contribution in [0.5, 0.6) is 0 Å². The lowest BCUT2D eigenvalue weighted by Crippen LogP contribution is -2.52. The number of ether oxygens (including phenoxy) is 2. The zero-order valence-corrected chi connectivity index (χ0v) is 13.6. The number of carbonyl (C=O) groups is 3. The first-order valence-electron chi connectivity index (χ1n) is 8.62. The highest BCUT2D eigenvalue weighted by Gasteiger charge is 2.50. The topological polar surface area (TPSA) is 69.7 Å². The zero-order valence-electron chi connectivity index (χ0n) is 13.6. The van der Waals surface area contributed by atoms with E-state index in [4.69, 9.17) is 9.47 Å². The molecule has 3 unspecified atom stereocenters. The summed E-state index contributed by atoms with van der Waals surface area (Å²) >= 11 is 0. The molecule has 0 amide bonds. The van der Waals surface area contributed by atoms with Crippen LogP contribution < -0.4 is 0 Å². The van der Waals surface area contributed by atoms with Crippen molar-refractivity contribution >= 4 is 17.3 Å². The average Bonchev–Trinajstić information content (AvgIpc) is 2.67. The van der Waals surface area contributed by atoms with Crippen LogP contribution in [0.2, 0.25) is 0 Å². The van der Waals surface area contributed by atoms with Crippen LogP contribution in [0.25, 0.3) is 0 Å². The minimum absolute atomic E-state index is 0.447. The third-order valence-corrected chi connectivity index (χ3v) is 5.37. The summed E-state index contributed by atoms with van der Waals surface area (Å²) < 4.78 is 11.5. The van der Waals surface area contributed by atoms with Crippen LogP contribution >= 0.6 is 0 Å². The molecule has 2 aliphatic carbocycles. The maximum Gasteiger partial charge on any atom is 0.264 e. The Kier molecular flexibility index (Phi) is 4.95. The number of fused-ring (bicyclic) bond motifs is 1. The highest BCUT2D eigenvalue weighted by molar-refractivity contribution is 6.65. The highest BCUT2D eigenvalue weighted by Crippen LogP contribution is 2.38. The van der Waals surface area contributed by atoms with Gasteiger partial charge in [0.25, 0.3) is 5.78 Å². The van der Waals surface area contributed by atoms with Crippen molar-refractivity contribution < 1.29 is 23.9 Å². The number of allylic oxidation sites excluding steroid dienone is 2. The van der Waals surface area contributed by atoms with Crippen LogP contribution in [0.3, 0.4) is 0 Å². The van der Waals surface area contributed by atoms with E-state index in [0.29, 0.717) is 19.4 Å². The highest BCUT2D eigenvalue weighted by atomic mass is 16.5. The van der Waals surface area contributed by atoms with E-state index in [1.807, 2.05) is 0 Å². The molecule has 2 fully saturated rings. The van der Waals surface area contributed by atoms with E-state index in [9.17, 15) is 14.4 Å². The third kappa shape index (κ3) is 3.11. The van der Waals surface area contributed by atoms with Crippen molar-refractivity contribution in [3.8, 4) is 0 Å². The first-order chi connectivity index (χ1) is 11.1. The minimum atomic E-state index is -0.821. The van der Waals surface area contributed by atoms with Gasteiger partial charge in [-0.2, -0.15) is 0 Å². The van der Waals surface area contributed by atoms with Crippen LogP contribution in [-0.4, -0.2) is 37.2 Å². The molecule has 23 heavy (non-hydrogen) atoms. The Labute approximate surface area is 136 Å². The summed E-state index contributed by atoms with van der Waals surface area (Å²) in [4.78, 5) is 36.9. The van der Waals surface area contributed by atoms with Gasteiger partial charge in [-0.15, -0.1) is 0 Å². The Bertz CT molecular complexity index is 548. The number of Topliss-reactive ketones (excluding diaryl/α,β-unsaturated/α-hetero) is 3. The predicted octanol–water partition coefficient (Wildman–Crippen LogP) is 2.37. The largest absolute Gasteiger partial charge is 0.501 e. The first kappa shape index (κ1) is 16.4. The van der Waals surface area contributed by atoms with Gasteiger partial charge in [-0.3, -0.25) is 14.4 Å². The van der Waals surface area contributed by atoms with Crippen molar-refractivity contribution in [2.24, 2.45) is 11.8 Å². The molecule has 3 aliphatic rings. The fourth-order valence-electron chi connectivity index (χ4n) is 4.13. The van der Waals surface area contributed by atoms with E-state index in [-0.39, 0.29) is 0 Å². The van der Waals surface area contributed by atoms with E-state index in [1.54, 1.807) is 7.11 Å². The molecule has 0 aromatic rings. The SMILES string of the molecule is CO/C1=C2\CCCCOC3C(CCCC1)C(=O)C(=O)C(=O)C3C2. The molecule has 0 aromatic carbocycles. The quantitative estimate of drug-likeness (QED) is 0.694. The van der Waals surface area contributed by atoms with Gasteiger partial charge in [-0.05, 0) is 44.1 Å². The van der Waals surface area contributed by atoms with Crippen molar-refractivity contribution in [3.63, 3.8) is 0 Å². The Morgan fingerprint density at radius 1 is 0.957 bits per heavy atom. The van der Waals surface area contributed by atoms with Gasteiger partial charge < -0.3 is 9.47 Å². The summed E-state index contributed by atoms with van der Waals surface area (Å²) in [6.45, 7) is 0.544. The van der Waals surface area contributed by atoms with Crippen LogP contribution in [-0.2, 0) is 23.9 Å². The number of hydrogen-bond acceptors (Lipinski definition) is 5. The van der Waals surface area contributed by atoms with Gasteiger partial charge in [0, 0.05) is 13.0 Å². The second-order valence-corrected chi connectivity index (χ2v) is 6.74. The summed E-state index contributed by atoms with van der Waals surface area (Å²) in [6, 6.07) is 0. The Morgan fingerprint density at radius 2 is 1.70 bits per heavy atom. The molecule has 0 spiro atoms. The molecule has 0 N–H and O–H groups in total. The molecule has 1 aliphatic heterocycles. The fraction of sp³-hybridized carbons (Fsp3) is 0.722. The van der Waals surface area contributed by atoms with Crippen LogP contribution in [0.1, 0.15) is 51.4 Å². The smallest absolute Gasteiger partial charge is 0.264 e. The van der Waals surface area contributed by atoms with Gasteiger partial charge >= 0.3 is 0 Å². The molecule has 1 saturated heterocycles. The first-order valence-corrected chi connectivity index (χ1v) is 8.62. The Hall–Kier alpha value is -1.49. The molecule has 4 bridgehead atoms. The Morgan fingerprint density at radius 3 is 2.48 bits per heavy atom. The standard InChI is InChI=1S/C18H24O5/c1-22-14-8-3-2-7-12-15(19)17(21)16(20)13-10-11(14)6-4-5-9-23-18(12)13/h12-13,18H,2-10H2,1H3/b14-11+. The number of carbonyl (C=O) groups excluding carboxylic acids is 3. The lowest BCUT2D eigenvalue weighted by molar-refractivity contribution is -0.159. The summed E-state index contributed by atoms with van der Waals surface area (Å²) in [5.41, 5.74) is 1.13. The van der Waals surface area contributed by atoms with Crippen molar-refractivity contribution in [1.29, 1.82) is 0 Å². The van der Waals surface area contributed by atoms with E-state index in [1.165, 1.54) is 0 Å². The lowest BCUT2D eigenvalue weighted by Gasteiger charge is -2.36. The summed E-state index contributed by atoms with van der Waals surface area (Å²) in [7, 11) is 1.68.